The Morgan fingerprint density at radius 2 is 1.68 bits per heavy atom. The van der Waals surface area contributed by atoms with E-state index in [9.17, 15) is 4.79 Å². The lowest BCUT2D eigenvalue weighted by Crippen LogP contribution is -2.16. The Labute approximate surface area is 227 Å². The highest BCUT2D eigenvalue weighted by Gasteiger charge is 2.26. The van der Waals surface area contributed by atoms with Crippen molar-refractivity contribution < 1.29 is 23.6 Å². The van der Waals surface area contributed by atoms with Gasteiger partial charge in [0.1, 0.15) is 17.5 Å². The molecule has 7 nitrogen and oxygen atoms in total. The molecule has 1 unspecified atom stereocenters. The Morgan fingerprint density at radius 3 is 2.34 bits per heavy atom. The molecule has 5 aromatic rings. The number of benzene rings is 2. The van der Waals surface area contributed by atoms with E-state index in [2.05, 4.69) is 34.7 Å². The normalized spacial score (nSPS) is 13.3. The van der Waals surface area contributed by atoms with E-state index in [0.29, 0.717) is 17.1 Å². The van der Waals surface area contributed by atoms with Crippen LogP contribution in [0.2, 0.25) is 0 Å². The minimum atomic E-state index is -0.547. The van der Waals surface area contributed by atoms with Crippen LogP contribution in [0.25, 0.3) is 31.2 Å². The predicted molar refractivity (Wildman–Crippen MR) is 147 cm³/mol. The van der Waals surface area contributed by atoms with Gasteiger partial charge in [0.15, 0.2) is 5.76 Å². The smallest absolute Gasteiger partial charge is 0.412 e. The molecule has 9 heteroatoms. The molecule has 192 valence electrons. The molecule has 38 heavy (non-hydrogen) atoms. The second kappa shape index (κ2) is 11.1. The van der Waals surface area contributed by atoms with Gasteiger partial charge in [-0.2, -0.15) is 9.59 Å². The van der Waals surface area contributed by atoms with Gasteiger partial charge in [-0.3, -0.25) is 5.32 Å². The fourth-order valence-electron chi connectivity index (χ4n) is 4.15. The Hall–Kier alpha value is -4.04. The molecule has 1 N–H and O–H groups in total. The Balaban J connectivity index is 0.000000937. The van der Waals surface area contributed by atoms with Crippen LogP contribution in [0.5, 0.6) is 0 Å². The molecule has 3 heterocycles. The molecule has 1 amide bonds. The summed E-state index contributed by atoms with van der Waals surface area (Å²) in [5, 5.41) is 6.90. The van der Waals surface area contributed by atoms with Gasteiger partial charge in [0.25, 0.3) is 0 Å². The first-order chi connectivity index (χ1) is 18.5. The van der Waals surface area contributed by atoms with Gasteiger partial charge >= 0.3 is 12.2 Å². The van der Waals surface area contributed by atoms with Gasteiger partial charge in [-0.05, 0) is 55.9 Å². The van der Waals surface area contributed by atoms with Crippen molar-refractivity contribution in [2.75, 3.05) is 5.32 Å². The van der Waals surface area contributed by atoms with Crippen molar-refractivity contribution in [3.05, 3.63) is 82.9 Å². The Kier molecular flexibility index (Phi) is 7.51. The second-order valence-electron chi connectivity index (χ2n) is 8.98. The number of carbonyl (C=O) groups excluding carboxylic acids is 3. The fourth-order valence-corrected chi connectivity index (χ4v) is 6.73. The number of rotatable bonds is 6. The largest absolute Gasteiger partial charge is 0.441 e. The lowest BCUT2D eigenvalue weighted by molar-refractivity contribution is -0.191. The van der Waals surface area contributed by atoms with Crippen molar-refractivity contribution in [3.63, 3.8) is 0 Å². The third-order valence-corrected chi connectivity index (χ3v) is 8.78. The summed E-state index contributed by atoms with van der Waals surface area (Å²) in [6, 6.07) is 22.5. The summed E-state index contributed by atoms with van der Waals surface area (Å²) >= 11 is 3.77. The molecule has 1 aliphatic carbocycles. The summed E-state index contributed by atoms with van der Waals surface area (Å²) in [7, 11) is 0. The van der Waals surface area contributed by atoms with Gasteiger partial charge in [-0.1, -0.05) is 59.8 Å². The topological polar surface area (TPSA) is 98.5 Å². The van der Waals surface area contributed by atoms with Crippen LogP contribution in [0.1, 0.15) is 47.9 Å². The van der Waals surface area contributed by atoms with Crippen molar-refractivity contribution in [1.82, 2.24) is 5.16 Å². The number of amides is 1. The number of ether oxygens (including phenoxy) is 1. The number of fused-ring (bicyclic) bond motifs is 1. The number of aromatic nitrogens is 1. The van der Waals surface area contributed by atoms with Crippen LogP contribution in [0.3, 0.4) is 0 Å². The van der Waals surface area contributed by atoms with Crippen molar-refractivity contribution in [2.45, 2.75) is 38.7 Å². The van der Waals surface area contributed by atoms with E-state index in [1.807, 2.05) is 72.1 Å². The monoisotopic (exact) mass is 544 g/mol. The lowest BCUT2D eigenvalue weighted by Gasteiger charge is -2.14. The van der Waals surface area contributed by atoms with Crippen LogP contribution in [0.15, 0.2) is 71.3 Å². The molecular formula is C29H24N2O5S2. The van der Waals surface area contributed by atoms with Crippen molar-refractivity contribution in [1.29, 1.82) is 0 Å². The summed E-state index contributed by atoms with van der Waals surface area (Å²) < 4.78 is 13.9. The number of nitrogens with one attached hydrogen (secondary N) is 1. The SMILES string of the molecule is Cc1noc(-c2ccc(-c3cc4sc(C5CC5)cc4s3)cc2)c1NC(=O)OC(C)c1ccccc1.O=C=O. The number of thiophene rings is 2. The second-order valence-corrected chi connectivity index (χ2v) is 11.2. The van der Waals surface area contributed by atoms with Gasteiger partial charge < -0.3 is 9.26 Å². The Morgan fingerprint density at radius 1 is 1.03 bits per heavy atom. The quantitative estimate of drug-likeness (QED) is 0.231. The van der Waals surface area contributed by atoms with Gasteiger partial charge in [0, 0.05) is 24.7 Å². The zero-order chi connectivity index (χ0) is 26.6. The van der Waals surface area contributed by atoms with Gasteiger partial charge in [-0.25, -0.2) is 4.79 Å². The van der Waals surface area contributed by atoms with Crippen LogP contribution >= 0.6 is 22.7 Å². The molecule has 0 radical (unpaired) electrons. The van der Waals surface area contributed by atoms with Gasteiger partial charge in [0.2, 0.25) is 0 Å². The lowest BCUT2D eigenvalue weighted by atomic mass is 10.1. The average molecular weight is 545 g/mol. The molecule has 1 atom stereocenters. The van der Waals surface area contributed by atoms with E-state index >= 15 is 0 Å². The maximum absolute atomic E-state index is 12.6. The number of hydrogen-bond acceptors (Lipinski definition) is 8. The first kappa shape index (κ1) is 25.6. The molecule has 0 spiro atoms. The first-order valence-corrected chi connectivity index (χ1v) is 13.7. The molecule has 6 rings (SSSR count). The third kappa shape index (κ3) is 5.60. The molecule has 2 aromatic carbocycles. The molecule has 3 aromatic heterocycles. The van der Waals surface area contributed by atoms with E-state index in [4.69, 9.17) is 18.8 Å². The number of carbonyl (C=O) groups is 1. The van der Waals surface area contributed by atoms with E-state index < -0.39 is 6.09 Å². The Bertz CT molecular complexity index is 1560. The number of anilines is 1. The van der Waals surface area contributed by atoms with Crippen LogP contribution in [-0.2, 0) is 14.3 Å². The number of aryl methyl sites for hydroxylation is 1. The highest BCUT2D eigenvalue weighted by Crippen LogP contribution is 2.48. The minimum Gasteiger partial charge on any atom is -0.441 e. The van der Waals surface area contributed by atoms with Crippen molar-refractivity contribution in [2.24, 2.45) is 0 Å². The minimum absolute atomic E-state index is 0.250. The summed E-state index contributed by atoms with van der Waals surface area (Å²) in [5.74, 6) is 1.31. The zero-order valence-electron chi connectivity index (χ0n) is 20.7. The van der Waals surface area contributed by atoms with Gasteiger partial charge in [-0.15, -0.1) is 22.7 Å². The number of nitrogens with zero attached hydrogens (tertiary/aromatic N) is 1. The zero-order valence-corrected chi connectivity index (χ0v) is 22.4. The standard InChI is InChI=1S/C28H24N2O3S2.CO2/c1-16-26(29-28(31)32-17(2)18-6-4-3-5-7-18)27(33-30-16)21-12-10-20(11-13-21)23-15-25-24(35-23)14-22(34-25)19-8-9-19;2-1-3/h3-7,10-15,17,19H,8-9H2,1-2H3,(H,29,31);. The van der Waals surface area contributed by atoms with Crippen LogP contribution < -0.4 is 5.32 Å². The summed E-state index contributed by atoms with van der Waals surface area (Å²) in [4.78, 5) is 31.6. The molecule has 0 bridgehead atoms. The maximum atomic E-state index is 12.6. The molecule has 1 aliphatic rings. The van der Waals surface area contributed by atoms with Crippen LogP contribution in [0.4, 0.5) is 10.5 Å². The fraction of sp³-hybridized carbons (Fsp3) is 0.207. The average Bonchev–Trinajstić information content (AvgIpc) is 3.44. The van der Waals surface area contributed by atoms with Crippen LogP contribution in [0, 0.1) is 6.92 Å². The highest BCUT2D eigenvalue weighted by molar-refractivity contribution is 7.29. The van der Waals surface area contributed by atoms with Crippen molar-refractivity contribution in [3.8, 4) is 21.8 Å². The van der Waals surface area contributed by atoms with Gasteiger partial charge in [0.05, 0.1) is 0 Å². The molecule has 0 saturated heterocycles. The van der Waals surface area contributed by atoms with E-state index in [-0.39, 0.29) is 12.3 Å². The summed E-state index contributed by atoms with van der Waals surface area (Å²) in [5.41, 5.74) is 4.05. The predicted octanol–water partition coefficient (Wildman–Crippen LogP) is 8.20. The molecule has 1 fully saturated rings. The molecule has 1 saturated carbocycles. The first-order valence-electron chi connectivity index (χ1n) is 12.1. The number of hydrogen-bond donors (Lipinski definition) is 1. The maximum Gasteiger partial charge on any atom is 0.412 e. The van der Waals surface area contributed by atoms with Crippen molar-refractivity contribution >= 4 is 50.0 Å². The van der Waals surface area contributed by atoms with E-state index in [0.717, 1.165) is 22.6 Å². The third-order valence-electron chi connectivity index (χ3n) is 6.28. The van der Waals surface area contributed by atoms with E-state index in [1.54, 1.807) is 6.92 Å². The summed E-state index contributed by atoms with van der Waals surface area (Å²) in [6.45, 7) is 3.64. The summed E-state index contributed by atoms with van der Waals surface area (Å²) in [6.07, 6.45) is 2.00. The highest BCUT2D eigenvalue weighted by atomic mass is 32.1. The van der Waals surface area contributed by atoms with Crippen LogP contribution in [-0.4, -0.2) is 17.4 Å². The molecular weight excluding hydrogens is 520 g/mol. The van der Waals surface area contributed by atoms with E-state index in [1.165, 1.54) is 32.0 Å². The molecule has 0 aliphatic heterocycles.